The summed E-state index contributed by atoms with van der Waals surface area (Å²) < 4.78 is 0. The molecule has 7 nitrogen and oxygen atoms in total. The normalized spacial score (nSPS) is 23.1. The Labute approximate surface area is 162 Å². The van der Waals surface area contributed by atoms with Gasteiger partial charge in [0.15, 0.2) is 0 Å². The van der Waals surface area contributed by atoms with Crippen molar-refractivity contribution in [3.8, 4) is 0 Å². The van der Waals surface area contributed by atoms with Crippen LogP contribution in [0.3, 0.4) is 0 Å². The van der Waals surface area contributed by atoms with Crippen molar-refractivity contribution >= 4 is 41.0 Å². The summed E-state index contributed by atoms with van der Waals surface area (Å²) in [6.45, 7) is 3.22. The Morgan fingerprint density at radius 1 is 1.19 bits per heavy atom. The average molecular weight is 392 g/mol. The monoisotopic (exact) mass is 391 g/mol. The standard InChI is InChI=1S/C19H22ClN3O4/c1-11-6-3-4-9-15(11)23-18(26)17(25)22(19(23)27)10-16(24)21-14-8-5-7-13(20)12(14)2/h5,7-8,11,15H,3-4,6,9-10H2,1-2H3,(H,21,24)/t11-,15+/m0/s1. The number of imide groups is 2. The Morgan fingerprint density at radius 2 is 1.89 bits per heavy atom. The average Bonchev–Trinajstić information content (AvgIpc) is 2.83. The van der Waals surface area contributed by atoms with Crippen molar-refractivity contribution in [3.05, 3.63) is 28.8 Å². The molecule has 0 spiro atoms. The van der Waals surface area contributed by atoms with Crippen LogP contribution in [0, 0.1) is 12.8 Å². The molecule has 1 saturated heterocycles. The molecule has 0 aromatic heterocycles. The summed E-state index contributed by atoms with van der Waals surface area (Å²) in [7, 11) is 0. The molecule has 1 heterocycles. The number of carbonyl (C=O) groups is 4. The minimum Gasteiger partial charge on any atom is -0.324 e. The molecule has 5 amide bonds. The third kappa shape index (κ3) is 3.69. The second-order valence-corrected chi connectivity index (χ2v) is 7.55. The fraction of sp³-hybridized carbons (Fsp3) is 0.474. The van der Waals surface area contributed by atoms with E-state index in [0.717, 1.165) is 29.1 Å². The highest BCUT2D eigenvalue weighted by molar-refractivity contribution is 6.45. The van der Waals surface area contributed by atoms with E-state index in [1.165, 1.54) is 0 Å². The number of rotatable bonds is 4. The Bertz CT molecular complexity index is 810. The van der Waals surface area contributed by atoms with Crippen molar-refractivity contribution in [1.29, 1.82) is 0 Å². The van der Waals surface area contributed by atoms with Crippen LogP contribution < -0.4 is 5.32 Å². The second kappa shape index (κ2) is 7.68. The van der Waals surface area contributed by atoms with E-state index in [1.54, 1.807) is 25.1 Å². The third-order valence-electron chi connectivity index (χ3n) is 5.33. The summed E-state index contributed by atoms with van der Waals surface area (Å²) in [5, 5.41) is 3.13. The number of urea groups is 1. The highest BCUT2D eigenvalue weighted by Gasteiger charge is 2.49. The van der Waals surface area contributed by atoms with Crippen LogP contribution in [0.2, 0.25) is 5.02 Å². The molecular weight excluding hydrogens is 370 g/mol. The quantitative estimate of drug-likeness (QED) is 0.631. The lowest BCUT2D eigenvalue weighted by Crippen LogP contribution is -2.46. The number of carbonyl (C=O) groups excluding carboxylic acids is 4. The van der Waals surface area contributed by atoms with Crippen LogP contribution in [0.5, 0.6) is 0 Å². The van der Waals surface area contributed by atoms with Crippen LogP contribution in [-0.2, 0) is 14.4 Å². The van der Waals surface area contributed by atoms with Crippen molar-refractivity contribution in [1.82, 2.24) is 9.80 Å². The first kappa shape index (κ1) is 19.4. The Morgan fingerprint density at radius 3 is 2.59 bits per heavy atom. The maximum absolute atomic E-state index is 12.7. The van der Waals surface area contributed by atoms with E-state index in [9.17, 15) is 19.2 Å². The lowest BCUT2D eigenvalue weighted by molar-refractivity contribution is -0.145. The SMILES string of the molecule is Cc1c(Cl)cccc1NC(=O)CN1C(=O)C(=O)N([C@@H]2CCCC[C@@H]2C)C1=O. The van der Waals surface area contributed by atoms with E-state index in [2.05, 4.69) is 5.32 Å². The van der Waals surface area contributed by atoms with Gasteiger partial charge in [-0.3, -0.25) is 19.3 Å². The van der Waals surface area contributed by atoms with Gasteiger partial charge in [-0.15, -0.1) is 0 Å². The first-order chi connectivity index (χ1) is 12.8. The number of anilines is 1. The molecule has 1 aromatic rings. The minimum absolute atomic E-state index is 0.141. The van der Waals surface area contributed by atoms with E-state index in [4.69, 9.17) is 11.6 Å². The first-order valence-electron chi connectivity index (χ1n) is 9.05. The van der Waals surface area contributed by atoms with Gasteiger partial charge >= 0.3 is 17.8 Å². The van der Waals surface area contributed by atoms with Gasteiger partial charge in [-0.25, -0.2) is 9.69 Å². The summed E-state index contributed by atoms with van der Waals surface area (Å²) in [6, 6.07) is 4.07. The van der Waals surface area contributed by atoms with Crippen LogP contribution in [0.15, 0.2) is 18.2 Å². The van der Waals surface area contributed by atoms with Gasteiger partial charge in [-0.1, -0.05) is 37.4 Å². The highest BCUT2D eigenvalue weighted by atomic mass is 35.5. The van der Waals surface area contributed by atoms with Gasteiger partial charge in [0, 0.05) is 16.8 Å². The summed E-state index contributed by atoms with van der Waals surface area (Å²) in [6.07, 6.45) is 3.56. The van der Waals surface area contributed by atoms with Crippen molar-refractivity contribution in [2.75, 3.05) is 11.9 Å². The van der Waals surface area contributed by atoms with Crippen LogP contribution in [0.25, 0.3) is 0 Å². The number of hydrogen-bond donors (Lipinski definition) is 1. The fourth-order valence-corrected chi connectivity index (χ4v) is 3.89. The maximum atomic E-state index is 12.7. The maximum Gasteiger partial charge on any atom is 0.334 e. The van der Waals surface area contributed by atoms with Crippen molar-refractivity contribution in [2.24, 2.45) is 5.92 Å². The summed E-state index contributed by atoms with van der Waals surface area (Å²) >= 11 is 6.03. The van der Waals surface area contributed by atoms with Gasteiger partial charge < -0.3 is 5.32 Å². The van der Waals surface area contributed by atoms with E-state index >= 15 is 0 Å². The Balaban J connectivity index is 1.72. The second-order valence-electron chi connectivity index (χ2n) is 7.14. The lowest BCUT2D eigenvalue weighted by atomic mass is 9.85. The molecule has 2 aliphatic rings. The van der Waals surface area contributed by atoms with Gasteiger partial charge in [0.2, 0.25) is 5.91 Å². The van der Waals surface area contributed by atoms with Gasteiger partial charge in [0.1, 0.15) is 6.54 Å². The molecular formula is C19H22ClN3O4. The molecule has 27 heavy (non-hydrogen) atoms. The van der Waals surface area contributed by atoms with E-state index in [-0.39, 0.29) is 12.0 Å². The van der Waals surface area contributed by atoms with E-state index in [1.807, 2.05) is 6.92 Å². The molecule has 0 bridgehead atoms. The Hall–Kier alpha value is -2.41. The summed E-state index contributed by atoms with van der Waals surface area (Å²) in [4.78, 5) is 51.5. The zero-order chi connectivity index (χ0) is 19.7. The number of benzene rings is 1. The predicted molar refractivity (Wildman–Crippen MR) is 100 cm³/mol. The molecule has 2 atom stereocenters. The number of hydrogen-bond acceptors (Lipinski definition) is 4. The largest absolute Gasteiger partial charge is 0.334 e. The molecule has 2 fully saturated rings. The van der Waals surface area contributed by atoms with Crippen molar-refractivity contribution < 1.29 is 19.2 Å². The van der Waals surface area contributed by atoms with Crippen LogP contribution in [-0.4, -0.2) is 46.1 Å². The molecule has 0 radical (unpaired) electrons. The highest BCUT2D eigenvalue weighted by Crippen LogP contribution is 2.31. The lowest BCUT2D eigenvalue weighted by Gasteiger charge is -2.34. The fourth-order valence-electron chi connectivity index (χ4n) is 3.71. The van der Waals surface area contributed by atoms with Crippen LogP contribution >= 0.6 is 11.6 Å². The molecule has 1 N–H and O–H groups in total. The zero-order valence-electron chi connectivity index (χ0n) is 15.3. The van der Waals surface area contributed by atoms with Gasteiger partial charge in [-0.2, -0.15) is 0 Å². The predicted octanol–water partition coefficient (Wildman–Crippen LogP) is 2.96. The van der Waals surface area contributed by atoms with E-state index in [0.29, 0.717) is 22.7 Å². The van der Waals surface area contributed by atoms with Crippen LogP contribution in [0.1, 0.15) is 38.2 Å². The van der Waals surface area contributed by atoms with Crippen molar-refractivity contribution in [3.63, 3.8) is 0 Å². The molecule has 0 unspecified atom stereocenters. The number of halogens is 1. The molecule has 144 valence electrons. The number of amides is 5. The summed E-state index contributed by atoms with van der Waals surface area (Å²) in [5.74, 6) is -2.21. The van der Waals surface area contributed by atoms with E-state index < -0.39 is 30.3 Å². The molecule has 1 saturated carbocycles. The van der Waals surface area contributed by atoms with Crippen molar-refractivity contribution in [2.45, 2.75) is 45.6 Å². The molecule has 1 aliphatic carbocycles. The topological polar surface area (TPSA) is 86.8 Å². The van der Waals surface area contributed by atoms with Gasteiger partial charge in [0.05, 0.1) is 0 Å². The first-order valence-corrected chi connectivity index (χ1v) is 9.43. The smallest absolute Gasteiger partial charge is 0.324 e. The number of nitrogens with one attached hydrogen (secondary N) is 1. The zero-order valence-corrected chi connectivity index (χ0v) is 16.1. The summed E-state index contributed by atoms with van der Waals surface area (Å²) in [5.41, 5.74) is 1.18. The van der Waals surface area contributed by atoms with Crippen LogP contribution in [0.4, 0.5) is 10.5 Å². The van der Waals surface area contributed by atoms with Gasteiger partial charge in [-0.05, 0) is 43.4 Å². The minimum atomic E-state index is -0.948. The van der Waals surface area contributed by atoms with Gasteiger partial charge in [0.25, 0.3) is 0 Å². The Kier molecular flexibility index (Phi) is 5.51. The number of nitrogens with zero attached hydrogens (tertiary/aromatic N) is 2. The molecule has 8 heteroatoms. The molecule has 1 aliphatic heterocycles. The molecule has 1 aromatic carbocycles. The third-order valence-corrected chi connectivity index (χ3v) is 5.73. The molecule has 3 rings (SSSR count).